The van der Waals surface area contributed by atoms with E-state index < -0.39 is 0 Å². The Balaban J connectivity index is 0.886. The van der Waals surface area contributed by atoms with E-state index in [1.165, 1.54) is 32.7 Å². The van der Waals surface area contributed by atoms with E-state index >= 15 is 0 Å². The Morgan fingerprint density at radius 1 is 0.211 bits per heavy atom. The molecule has 12 rings (SSSR count). The van der Waals surface area contributed by atoms with Crippen LogP contribution in [0.2, 0.25) is 0 Å². The number of nitrogens with zero attached hydrogens (tertiary/aromatic N) is 4. The normalized spacial score (nSPS) is 11.1. The lowest BCUT2D eigenvalue weighted by Gasteiger charge is -2.29. The Morgan fingerprint density at radius 2 is 0.461 bits per heavy atom. The summed E-state index contributed by atoms with van der Waals surface area (Å²) in [6.45, 7) is 4.40. The fraction of sp³-hybridized carbons (Fsp3) is 0.0556. The molecule has 0 aliphatic carbocycles. The molecule has 4 heteroatoms. The molecule has 0 amide bonds. The van der Waals surface area contributed by atoms with Gasteiger partial charge in [-0.1, -0.05) is 172 Å². The maximum Gasteiger partial charge on any atom is 0.0540 e. The van der Waals surface area contributed by atoms with Gasteiger partial charge in [-0.15, -0.1) is 0 Å². The topological polar surface area (TPSA) is 13.0 Å². The maximum absolute atomic E-state index is 2.39. The molecule has 0 bridgehead atoms. The van der Waals surface area contributed by atoms with Crippen LogP contribution in [0.1, 0.15) is 25.0 Å². The highest BCUT2D eigenvalue weighted by Crippen LogP contribution is 2.44. The third kappa shape index (κ3) is 9.56. The molecule has 0 fully saturated rings. The zero-order valence-corrected chi connectivity index (χ0v) is 42.9. The molecule has 0 saturated carbocycles. The molecule has 0 spiro atoms. The number of benzene rings is 12. The number of aryl methyl sites for hydroxylation is 2. The number of para-hydroxylation sites is 2. The fourth-order valence-corrected chi connectivity index (χ4v) is 10.6. The van der Waals surface area contributed by atoms with Crippen molar-refractivity contribution >= 4 is 89.8 Å². The van der Waals surface area contributed by atoms with Crippen molar-refractivity contribution in [2.75, 3.05) is 19.6 Å². The summed E-state index contributed by atoms with van der Waals surface area (Å²) in [6.07, 6.45) is 2.01. The van der Waals surface area contributed by atoms with E-state index in [0.717, 1.165) is 92.2 Å². The first kappa shape index (κ1) is 47.4. The number of hydrogen-bond acceptors (Lipinski definition) is 4. The fourth-order valence-electron chi connectivity index (χ4n) is 10.6. The van der Waals surface area contributed by atoms with Gasteiger partial charge in [-0.3, -0.25) is 0 Å². The molecule has 0 heterocycles. The van der Waals surface area contributed by atoms with Crippen LogP contribution in [0.25, 0.3) is 32.7 Å². The molecule has 0 radical (unpaired) electrons. The van der Waals surface area contributed by atoms with Crippen LogP contribution >= 0.6 is 0 Å². The molecule has 0 aromatic heterocycles. The molecule has 0 atom stereocenters. The molecule has 12 aromatic rings. The van der Waals surface area contributed by atoms with Crippen molar-refractivity contribution in [3.63, 3.8) is 0 Å². The van der Waals surface area contributed by atoms with Crippen LogP contribution in [0.5, 0.6) is 0 Å². The first-order chi connectivity index (χ1) is 37.6. The summed E-state index contributed by atoms with van der Waals surface area (Å²) in [6, 6.07) is 106. The molecule has 0 saturated heterocycles. The van der Waals surface area contributed by atoms with Gasteiger partial charge in [0.15, 0.2) is 0 Å². The van der Waals surface area contributed by atoms with E-state index in [9.17, 15) is 0 Å². The number of hydrogen-bond donors (Lipinski definition) is 0. The van der Waals surface area contributed by atoms with Gasteiger partial charge in [-0.2, -0.15) is 0 Å². The Kier molecular flexibility index (Phi) is 13.4. The molecular formula is C72H58N4. The Labute approximate surface area is 447 Å². The summed E-state index contributed by atoms with van der Waals surface area (Å²) in [5.41, 5.74) is 18.2. The summed E-state index contributed by atoms with van der Waals surface area (Å²) in [7, 11) is 0. The highest BCUT2D eigenvalue weighted by atomic mass is 15.2. The minimum Gasteiger partial charge on any atom is -0.311 e. The van der Waals surface area contributed by atoms with Crippen molar-refractivity contribution in [1.82, 2.24) is 0 Å². The van der Waals surface area contributed by atoms with Crippen LogP contribution in [0, 0.1) is 0 Å². The summed E-state index contributed by atoms with van der Waals surface area (Å²) in [5.74, 6) is 0. The second-order valence-corrected chi connectivity index (χ2v) is 19.2. The molecule has 76 heavy (non-hydrogen) atoms. The van der Waals surface area contributed by atoms with E-state index in [1.807, 2.05) is 0 Å². The minimum absolute atomic E-state index is 1.00. The molecule has 0 N–H and O–H groups in total. The zero-order chi connectivity index (χ0) is 51.2. The second-order valence-electron chi connectivity index (χ2n) is 19.2. The van der Waals surface area contributed by atoms with Crippen molar-refractivity contribution < 1.29 is 0 Å². The van der Waals surface area contributed by atoms with Crippen LogP contribution < -0.4 is 19.6 Å². The van der Waals surface area contributed by atoms with Gasteiger partial charge < -0.3 is 19.6 Å². The third-order valence-corrected chi connectivity index (χ3v) is 14.6. The molecular weight excluding hydrogens is 921 g/mol. The quantitative estimate of drug-likeness (QED) is 0.101. The smallest absolute Gasteiger partial charge is 0.0540 e. The first-order valence-corrected chi connectivity index (χ1v) is 26.4. The van der Waals surface area contributed by atoms with E-state index in [0.29, 0.717) is 0 Å². The third-order valence-electron chi connectivity index (χ3n) is 14.6. The lowest BCUT2D eigenvalue weighted by Crippen LogP contribution is -2.12. The van der Waals surface area contributed by atoms with Gasteiger partial charge in [-0.25, -0.2) is 0 Å². The molecule has 0 aliphatic rings. The minimum atomic E-state index is 1.00. The van der Waals surface area contributed by atoms with E-state index in [2.05, 4.69) is 325 Å². The van der Waals surface area contributed by atoms with Crippen molar-refractivity contribution in [2.45, 2.75) is 26.7 Å². The van der Waals surface area contributed by atoms with Crippen LogP contribution in [-0.4, -0.2) is 0 Å². The van der Waals surface area contributed by atoms with Gasteiger partial charge in [0.2, 0.25) is 0 Å². The first-order valence-electron chi connectivity index (χ1n) is 26.4. The average molecular weight is 979 g/mol. The highest BCUT2D eigenvalue weighted by Gasteiger charge is 2.21. The van der Waals surface area contributed by atoms with Crippen LogP contribution in [-0.2, 0) is 12.8 Å². The van der Waals surface area contributed by atoms with Gasteiger partial charge in [0.25, 0.3) is 0 Å². The lowest BCUT2D eigenvalue weighted by molar-refractivity contribution is 1.14. The molecule has 12 aromatic carbocycles. The summed E-state index contributed by atoms with van der Waals surface area (Å²) >= 11 is 0. The van der Waals surface area contributed by atoms with Crippen molar-refractivity contribution in [3.05, 3.63) is 302 Å². The summed E-state index contributed by atoms with van der Waals surface area (Å²) < 4.78 is 0. The predicted octanol–water partition coefficient (Wildman–Crippen LogP) is 20.7. The molecule has 366 valence electrons. The van der Waals surface area contributed by atoms with Crippen molar-refractivity contribution in [1.29, 1.82) is 0 Å². The maximum atomic E-state index is 2.39. The molecule has 4 nitrogen and oxygen atoms in total. The van der Waals surface area contributed by atoms with Crippen LogP contribution in [0.3, 0.4) is 0 Å². The van der Waals surface area contributed by atoms with Crippen molar-refractivity contribution in [2.24, 2.45) is 0 Å². The van der Waals surface area contributed by atoms with Gasteiger partial charge in [0.05, 0.1) is 11.4 Å². The Morgan fingerprint density at radius 3 is 0.789 bits per heavy atom. The van der Waals surface area contributed by atoms with Crippen LogP contribution in [0.15, 0.2) is 291 Å². The van der Waals surface area contributed by atoms with Gasteiger partial charge in [0, 0.05) is 67.6 Å². The monoisotopic (exact) mass is 978 g/mol. The largest absolute Gasteiger partial charge is 0.311 e. The van der Waals surface area contributed by atoms with E-state index in [1.54, 1.807) is 0 Å². The lowest BCUT2D eigenvalue weighted by atomic mass is 10.0. The second kappa shape index (κ2) is 21.4. The Hall–Kier alpha value is -9.64. The predicted molar refractivity (Wildman–Crippen MR) is 324 cm³/mol. The van der Waals surface area contributed by atoms with Gasteiger partial charge in [-0.05, 0) is 179 Å². The molecule has 0 aliphatic heterocycles. The van der Waals surface area contributed by atoms with Gasteiger partial charge >= 0.3 is 0 Å². The number of anilines is 12. The summed E-state index contributed by atoms with van der Waals surface area (Å²) in [4.78, 5) is 9.43. The van der Waals surface area contributed by atoms with E-state index in [4.69, 9.17) is 0 Å². The Bertz CT molecular complexity index is 3590. The van der Waals surface area contributed by atoms with Gasteiger partial charge in [0.1, 0.15) is 0 Å². The van der Waals surface area contributed by atoms with E-state index in [-0.39, 0.29) is 0 Å². The zero-order valence-electron chi connectivity index (χ0n) is 42.9. The van der Waals surface area contributed by atoms with Crippen molar-refractivity contribution in [3.8, 4) is 11.1 Å². The number of fused-ring (bicyclic) bond motifs is 2. The SMILES string of the molecule is CCc1ccc(N(c2ccccc2)c2ccc(N(c3ccc(-c4ccc(N(c5ccc(N(c6ccccc6)c6ccc(CC)cc6)cc5)c5cccc6ccccc56)cc4)cc3)c3cccc4ccccc34)cc2)cc1. The standard InChI is InChI=1S/C72H58N4/c1-3-53-29-37-61(38-30-53)73(59-21-7-5-8-22-59)63-45-49-67(50-46-63)75(71-27-15-19-57-17-11-13-25-69(57)71)65-41-33-55(34-42-65)56-35-43-66(44-36-56)76(72-28-16-20-58-18-12-14-26-70(58)72)68-51-47-64(48-52-68)74(60-23-9-6-10-24-60)62-39-31-54(4-2)32-40-62/h5-52H,3-4H2,1-2H3. The van der Waals surface area contributed by atoms with Crippen LogP contribution in [0.4, 0.5) is 68.2 Å². The molecule has 0 unspecified atom stereocenters. The highest BCUT2D eigenvalue weighted by molar-refractivity contribution is 6.01. The average Bonchev–Trinajstić information content (AvgIpc) is 3.50. The number of rotatable bonds is 15. The summed E-state index contributed by atoms with van der Waals surface area (Å²) in [5, 5.41) is 4.78.